The summed E-state index contributed by atoms with van der Waals surface area (Å²) in [7, 11) is 1.60. The van der Waals surface area contributed by atoms with Gasteiger partial charge < -0.3 is 9.47 Å². The Morgan fingerprint density at radius 2 is 1.55 bits per heavy atom. The number of allylic oxidation sites excluding steroid dienone is 1. The minimum absolute atomic E-state index is 0.0369. The molecule has 0 aliphatic rings. The van der Waals surface area contributed by atoms with Gasteiger partial charge in [-0.3, -0.25) is 4.79 Å². The van der Waals surface area contributed by atoms with E-state index in [1.165, 1.54) is 0 Å². The van der Waals surface area contributed by atoms with Gasteiger partial charge in [0, 0.05) is 5.56 Å². The summed E-state index contributed by atoms with van der Waals surface area (Å²) in [6.07, 6.45) is 3.52. The summed E-state index contributed by atoms with van der Waals surface area (Å²) >= 11 is 0. The van der Waals surface area contributed by atoms with Gasteiger partial charge in [0.2, 0.25) is 0 Å². The summed E-state index contributed by atoms with van der Waals surface area (Å²) in [5.74, 6) is 1.53. The molecule has 0 atom stereocenters. The van der Waals surface area contributed by atoms with Crippen molar-refractivity contribution in [1.29, 1.82) is 0 Å². The van der Waals surface area contributed by atoms with Crippen molar-refractivity contribution in [3.63, 3.8) is 0 Å². The second-order valence-electron chi connectivity index (χ2n) is 5.16. The molecule has 22 heavy (non-hydrogen) atoms. The largest absolute Gasteiger partial charge is 0.497 e. The van der Waals surface area contributed by atoms with E-state index in [1.54, 1.807) is 43.5 Å². The number of carbonyl (C=O) groups is 1. The highest BCUT2D eigenvalue weighted by Gasteiger charge is 2.02. The zero-order chi connectivity index (χ0) is 15.9. The predicted octanol–water partition coefficient (Wildman–Crippen LogP) is 4.38. The van der Waals surface area contributed by atoms with Crippen LogP contribution < -0.4 is 9.47 Å². The van der Waals surface area contributed by atoms with Gasteiger partial charge >= 0.3 is 0 Å². The maximum Gasteiger partial charge on any atom is 0.185 e. The first-order chi connectivity index (χ1) is 10.6. The van der Waals surface area contributed by atoms with E-state index in [2.05, 4.69) is 0 Å². The minimum Gasteiger partial charge on any atom is -0.497 e. The molecule has 0 radical (unpaired) electrons. The van der Waals surface area contributed by atoms with Crippen molar-refractivity contribution in [3.05, 3.63) is 65.7 Å². The Balaban J connectivity index is 2.02. The smallest absolute Gasteiger partial charge is 0.185 e. The lowest BCUT2D eigenvalue weighted by Crippen LogP contribution is -2.05. The van der Waals surface area contributed by atoms with E-state index in [1.807, 2.05) is 38.1 Å². The topological polar surface area (TPSA) is 35.5 Å². The summed E-state index contributed by atoms with van der Waals surface area (Å²) < 4.78 is 10.7. The maximum absolute atomic E-state index is 12.1. The second kappa shape index (κ2) is 7.46. The van der Waals surface area contributed by atoms with Crippen LogP contribution in [0.25, 0.3) is 6.08 Å². The van der Waals surface area contributed by atoms with Crippen LogP contribution in [-0.2, 0) is 0 Å². The molecule has 0 amide bonds. The number of ether oxygens (including phenoxy) is 2. The summed E-state index contributed by atoms with van der Waals surface area (Å²) in [4.78, 5) is 12.1. The van der Waals surface area contributed by atoms with Gasteiger partial charge in [0.05, 0.1) is 13.2 Å². The zero-order valence-corrected chi connectivity index (χ0v) is 13.1. The van der Waals surface area contributed by atoms with Gasteiger partial charge in [0.15, 0.2) is 5.78 Å². The maximum atomic E-state index is 12.1. The molecule has 2 rings (SSSR count). The lowest BCUT2D eigenvalue weighted by Gasteiger charge is -2.09. The molecular formula is C19H20O3. The molecule has 0 aliphatic heterocycles. The van der Waals surface area contributed by atoms with Gasteiger partial charge in [-0.1, -0.05) is 18.2 Å². The van der Waals surface area contributed by atoms with Crippen molar-refractivity contribution in [2.75, 3.05) is 7.11 Å². The Hall–Kier alpha value is -2.55. The van der Waals surface area contributed by atoms with E-state index in [9.17, 15) is 4.79 Å². The summed E-state index contributed by atoms with van der Waals surface area (Å²) in [6.45, 7) is 3.97. The Labute approximate surface area is 131 Å². The van der Waals surface area contributed by atoms with Crippen LogP contribution in [0.4, 0.5) is 0 Å². The van der Waals surface area contributed by atoms with Crippen LogP contribution in [0, 0.1) is 0 Å². The van der Waals surface area contributed by atoms with Crippen molar-refractivity contribution < 1.29 is 14.3 Å². The van der Waals surface area contributed by atoms with E-state index in [4.69, 9.17) is 9.47 Å². The molecular weight excluding hydrogens is 276 g/mol. The minimum atomic E-state index is -0.0369. The van der Waals surface area contributed by atoms with Crippen LogP contribution in [0.3, 0.4) is 0 Å². The van der Waals surface area contributed by atoms with E-state index in [0.717, 1.165) is 17.1 Å². The predicted molar refractivity (Wildman–Crippen MR) is 88.6 cm³/mol. The first-order valence-corrected chi connectivity index (χ1v) is 7.21. The van der Waals surface area contributed by atoms with Crippen molar-refractivity contribution in [1.82, 2.24) is 0 Å². The number of carbonyl (C=O) groups excluding carboxylic acids is 1. The third kappa shape index (κ3) is 4.48. The van der Waals surface area contributed by atoms with Crippen LogP contribution in [0.2, 0.25) is 0 Å². The molecule has 0 fully saturated rings. The van der Waals surface area contributed by atoms with Crippen molar-refractivity contribution in [2.24, 2.45) is 0 Å². The molecule has 0 bridgehead atoms. The lowest BCUT2D eigenvalue weighted by atomic mass is 10.1. The molecule has 0 aliphatic carbocycles. The summed E-state index contributed by atoms with van der Waals surface area (Å²) in [5, 5.41) is 0. The van der Waals surface area contributed by atoms with Crippen LogP contribution in [0.15, 0.2) is 54.6 Å². The summed E-state index contributed by atoms with van der Waals surface area (Å²) in [5.41, 5.74) is 1.59. The Bertz CT molecular complexity index is 637. The van der Waals surface area contributed by atoms with Gasteiger partial charge in [0.25, 0.3) is 0 Å². The Morgan fingerprint density at radius 1 is 0.955 bits per heavy atom. The lowest BCUT2D eigenvalue weighted by molar-refractivity contribution is 0.104. The third-order valence-corrected chi connectivity index (χ3v) is 3.05. The highest BCUT2D eigenvalue weighted by atomic mass is 16.5. The molecule has 2 aromatic rings. The van der Waals surface area contributed by atoms with Crippen molar-refractivity contribution in [3.8, 4) is 11.5 Å². The van der Waals surface area contributed by atoms with Crippen LogP contribution in [0.1, 0.15) is 29.8 Å². The van der Waals surface area contributed by atoms with E-state index < -0.39 is 0 Å². The quantitative estimate of drug-likeness (QED) is 0.586. The van der Waals surface area contributed by atoms with Crippen LogP contribution in [-0.4, -0.2) is 19.0 Å². The third-order valence-electron chi connectivity index (χ3n) is 3.05. The summed E-state index contributed by atoms with van der Waals surface area (Å²) in [6, 6.07) is 14.7. The molecule has 0 saturated carbocycles. The number of hydrogen-bond acceptors (Lipinski definition) is 3. The first kappa shape index (κ1) is 15.8. The highest BCUT2D eigenvalue weighted by Crippen LogP contribution is 2.16. The number of ketones is 1. The van der Waals surface area contributed by atoms with Crippen LogP contribution >= 0.6 is 0 Å². The van der Waals surface area contributed by atoms with Gasteiger partial charge in [-0.05, 0) is 61.9 Å². The number of methoxy groups -OCH3 is 1. The van der Waals surface area contributed by atoms with Crippen molar-refractivity contribution >= 4 is 11.9 Å². The first-order valence-electron chi connectivity index (χ1n) is 7.21. The fraction of sp³-hybridized carbons (Fsp3) is 0.211. The van der Waals surface area contributed by atoms with E-state index >= 15 is 0 Å². The van der Waals surface area contributed by atoms with Crippen LogP contribution in [0.5, 0.6) is 11.5 Å². The molecule has 2 aromatic carbocycles. The molecule has 0 spiro atoms. The van der Waals surface area contributed by atoms with E-state index in [-0.39, 0.29) is 11.9 Å². The molecule has 0 saturated heterocycles. The molecule has 0 aromatic heterocycles. The Kier molecular flexibility index (Phi) is 5.37. The molecule has 114 valence electrons. The molecule has 3 heteroatoms. The van der Waals surface area contributed by atoms with Gasteiger partial charge in [-0.2, -0.15) is 0 Å². The average molecular weight is 296 g/mol. The molecule has 3 nitrogen and oxygen atoms in total. The average Bonchev–Trinajstić information content (AvgIpc) is 2.53. The van der Waals surface area contributed by atoms with Gasteiger partial charge in [-0.15, -0.1) is 0 Å². The highest BCUT2D eigenvalue weighted by molar-refractivity contribution is 6.06. The van der Waals surface area contributed by atoms with Gasteiger partial charge in [0.1, 0.15) is 11.5 Å². The fourth-order valence-corrected chi connectivity index (χ4v) is 1.95. The SMILES string of the molecule is COc1ccc(C(=O)C=Cc2ccc(OC(C)C)cc2)cc1. The number of rotatable bonds is 6. The fourth-order valence-electron chi connectivity index (χ4n) is 1.95. The normalized spacial score (nSPS) is 10.9. The second-order valence-corrected chi connectivity index (χ2v) is 5.16. The van der Waals surface area contributed by atoms with Crippen molar-refractivity contribution in [2.45, 2.75) is 20.0 Å². The monoisotopic (exact) mass is 296 g/mol. The zero-order valence-electron chi connectivity index (χ0n) is 13.1. The van der Waals surface area contributed by atoms with E-state index in [0.29, 0.717) is 5.56 Å². The number of benzene rings is 2. The standard InChI is InChI=1S/C19H20O3/c1-14(2)22-18-9-4-15(5-10-18)6-13-19(20)16-7-11-17(21-3)12-8-16/h4-14H,1-3H3. The Morgan fingerprint density at radius 3 is 2.09 bits per heavy atom. The molecule has 0 heterocycles. The molecule has 0 unspecified atom stereocenters. The molecule has 0 N–H and O–H groups in total. The van der Waals surface area contributed by atoms with Gasteiger partial charge in [-0.25, -0.2) is 0 Å². The number of hydrogen-bond donors (Lipinski definition) is 0.